The fourth-order valence-electron chi connectivity index (χ4n) is 2.74. The molecule has 100 valence electrons. The van der Waals surface area contributed by atoms with Gasteiger partial charge in [0.05, 0.1) is 14.6 Å². The Bertz CT molecular complexity index is 552. The first kappa shape index (κ1) is 13.2. The molecule has 3 fully saturated rings. The van der Waals surface area contributed by atoms with E-state index in [1.165, 1.54) is 0 Å². The molecule has 1 aromatic carbocycles. The van der Waals surface area contributed by atoms with Gasteiger partial charge in [0.2, 0.25) is 0 Å². The highest BCUT2D eigenvalue weighted by Crippen LogP contribution is 2.36. The highest BCUT2D eigenvalue weighted by Gasteiger charge is 2.36. The van der Waals surface area contributed by atoms with Crippen molar-refractivity contribution in [2.75, 3.05) is 13.1 Å². The van der Waals surface area contributed by atoms with Gasteiger partial charge in [-0.25, -0.2) is 0 Å². The molecule has 3 heterocycles. The van der Waals surface area contributed by atoms with Crippen LogP contribution in [0.25, 0.3) is 6.08 Å². The predicted octanol–water partition coefficient (Wildman–Crippen LogP) is 3.55. The number of hydrogen-bond acceptors (Lipinski definition) is 3. The summed E-state index contributed by atoms with van der Waals surface area (Å²) in [5.74, 6) is 0.650. The molecular formula is C14H13Br2NO2. The second-order valence-electron chi connectivity index (χ2n) is 4.99. The molecule has 1 aromatic rings. The number of hydrogen-bond donors (Lipinski definition) is 1. The molecule has 0 aromatic heterocycles. The van der Waals surface area contributed by atoms with Crippen LogP contribution in [0.5, 0.6) is 5.75 Å². The Balaban J connectivity index is 2.00. The molecule has 0 radical (unpaired) electrons. The van der Waals surface area contributed by atoms with Gasteiger partial charge >= 0.3 is 0 Å². The molecule has 3 saturated heterocycles. The molecular weight excluding hydrogens is 374 g/mol. The maximum absolute atomic E-state index is 12.2. The SMILES string of the molecule is O=C1/C(=C/c2cc(Br)c(O)c(Br)c2)N2CCC1CC2. The fourth-order valence-corrected chi connectivity index (χ4v) is 3.96. The molecule has 4 rings (SSSR count). The number of Topliss-reactive ketones (excluding diaryl/α,β-unsaturated/α-hetero) is 1. The molecule has 3 aliphatic rings. The summed E-state index contributed by atoms with van der Waals surface area (Å²) < 4.78 is 1.24. The normalized spacial score (nSPS) is 21.5. The van der Waals surface area contributed by atoms with Crippen LogP contribution in [0.15, 0.2) is 26.8 Å². The number of carbonyl (C=O) groups excluding carboxylic acids is 1. The van der Waals surface area contributed by atoms with Gasteiger partial charge in [-0.3, -0.25) is 4.79 Å². The summed E-state index contributed by atoms with van der Waals surface area (Å²) in [4.78, 5) is 14.4. The van der Waals surface area contributed by atoms with E-state index in [1.807, 2.05) is 18.2 Å². The van der Waals surface area contributed by atoms with Crippen molar-refractivity contribution in [3.05, 3.63) is 32.3 Å². The van der Waals surface area contributed by atoms with Crippen LogP contribution in [-0.4, -0.2) is 28.9 Å². The van der Waals surface area contributed by atoms with Gasteiger partial charge in [-0.1, -0.05) is 0 Å². The van der Waals surface area contributed by atoms with Crippen LogP contribution >= 0.6 is 31.9 Å². The highest BCUT2D eigenvalue weighted by molar-refractivity contribution is 9.11. The molecule has 19 heavy (non-hydrogen) atoms. The van der Waals surface area contributed by atoms with Gasteiger partial charge in [-0.2, -0.15) is 0 Å². The number of piperidine rings is 3. The summed E-state index contributed by atoms with van der Waals surface area (Å²) in [5.41, 5.74) is 1.72. The molecule has 2 bridgehead atoms. The lowest BCUT2D eigenvalue weighted by Crippen LogP contribution is -2.45. The topological polar surface area (TPSA) is 40.5 Å². The van der Waals surface area contributed by atoms with E-state index in [0.29, 0.717) is 8.95 Å². The zero-order chi connectivity index (χ0) is 13.6. The zero-order valence-corrected chi connectivity index (χ0v) is 13.4. The lowest BCUT2D eigenvalue weighted by molar-refractivity contribution is -0.125. The lowest BCUT2D eigenvalue weighted by Gasteiger charge is -2.41. The maximum atomic E-state index is 12.2. The summed E-state index contributed by atoms with van der Waals surface area (Å²) in [5, 5.41) is 9.70. The number of fused-ring (bicyclic) bond motifs is 3. The van der Waals surface area contributed by atoms with Gasteiger partial charge in [-0.05, 0) is 68.5 Å². The monoisotopic (exact) mass is 385 g/mol. The van der Waals surface area contributed by atoms with Crippen molar-refractivity contribution in [3.8, 4) is 5.75 Å². The van der Waals surface area contributed by atoms with Crippen LogP contribution < -0.4 is 0 Å². The number of phenolic OH excluding ortho intramolecular Hbond substituents is 1. The van der Waals surface area contributed by atoms with Gasteiger partial charge in [0.25, 0.3) is 0 Å². The van der Waals surface area contributed by atoms with E-state index in [2.05, 4.69) is 36.8 Å². The third kappa shape index (κ3) is 2.34. The van der Waals surface area contributed by atoms with Gasteiger partial charge < -0.3 is 10.0 Å². The van der Waals surface area contributed by atoms with Crippen molar-refractivity contribution < 1.29 is 9.90 Å². The van der Waals surface area contributed by atoms with Crippen LogP contribution in [0.4, 0.5) is 0 Å². The zero-order valence-electron chi connectivity index (χ0n) is 10.2. The van der Waals surface area contributed by atoms with Crippen LogP contribution in [0.3, 0.4) is 0 Å². The first-order valence-corrected chi connectivity index (χ1v) is 7.83. The van der Waals surface area contributed by atoms with E-state index in [9.17, 15) is 9.90 Å². The number of nitrogens with zero attached hydrogens (tertiary/aromatic N) is 1. The Morgan fingerprint density at radius 1 is 1.21 bits per heavy atom. The summed E-state index contributed by atoms with van der Waals surface area (Å²) >= 11 is 6.62. The highest BCUT2D eigenvalue weighted by atomic mass is 79.9. The Hall–Kier alpha value is -0.810. The van der Waals surface area contributed by atoms with E-state index < -0.39 is 0 Å². The average molecular weight is 387 g/mol. The number of aromatic hydroxyl groups is 1. The molecule has 5 heteroatoms. The van der Waals surface area contributed by atoms with Crippen LogP contribution in [-0.2, 0) is 4.79 Å². The number of carbonyl (C=O) groups is 1. The Labute approximate surface area is 128 Å². The number of benzene rings is 1. The number of halogens is 2. The maximum Gasteiger partial charge on any atom is 0.182 e. The van der Waals surface area contributed by atoms with Gasteiger partial charge in [0, 0.05) is 19.0 Å². The number of phenols is 1. The second kappa shape index (κ2) is 4.94. The predicted molar refractivity (Wildman–Crippen MR) is 80.8 cm³/mol. The van der Waals surface area contributed by atoms with E-state index >= 15 is 0 Å². The number of ketones is 1. The van der Waals surface area contributed by atoms with Crippen molar-refractivity contribution in [2.24, 2.45) is 5.92 Å². The van der Waals surface area contributed by atoms with Crippen LogP contribution in [0.2, 0.25) is 0 Å². The molecule has 0 atom stereocenters. The van der Waals surface area contributed by atoms with E-state index in [-0.39, 0.29) is 17.5 Å². The van der Waals surface area contributed by atoms with Crippen molar-refractivity contribution in [2.45, 2.75) is 12.8 Å². The Morgan fingerprint density at radius 2 is 1.79 bits per heavy atom. The number of allylic oxidation sites excluding steroid dienone is 1. The van der Waals surface area contributed by atoms with Crippen molar-refractivity contribution in [1.29, 1.82) is 0 Å². The minimum atomic E-state index is 0.180. The third-order valence-electron chi connectivity index (χ3n) is 3.80. The first-order valence-electron chi connectivity index (χ1n) is 6.25. The minimum absolute atomic E-state index is 0.180. The average Bonchev–Trinajstić information content (AvgIpc) is 2.40. The molecule has 0 saturated carbocycles. The molecule has 0 spiro atoms. The van der Waals surface area contributed by atoms with Crippen molar-refractivity contribution in [1.82, 2.24) is 4.90 Å². The smallest absolute Gasteiger partial charge is 0.182 e. The summed E-state index contributed by atoms with van der Waals surface area (Å²) in [7, 11) is 0. The van der Waals surface area contributed by atoms with Crippen molar-refractivity contribution in [3.63, 3.8) is 0 Å². The Kier molecular flexibility index (Phi) is 3.43. The minimum Gasteiger partial charge on any atom is -0.506 e. The van der Waals surface area contributed by atoms with E-state index in [4.69, 9.17) is 0 Å². The molecule has 3 aliphatic heterocycles. The quantitative estimate of drug-likeness (QED) is 0.750. The molecule has 0 unspecified atom stereocenters. The first-order chi connectivity index (χ1) is 9.06. The van der Waals surface area contributed by atoms with E-state index in [1.54, 1.807) is 0 Å². The fraction of sp³-hybridized carbons (Fsp3) is 0.357. The second-order valence-corrected chi connectivity index (χ2v) is 6.70. The summed E-state index contributed by atoms with van der Waals surface area (Å²) in [6, 6.07) is 3.65. The molecule has 3 nitrogen and oxygen atoms in total. The van der Waals surface area contributed by atoms with Gasteiger partial charge in [0.15, 0.2) is 5.78 Å². The third-order valence-corrected chi connectivity index (χ3v) is 5.01. The van der Waals surface area contributed by atoms with Crippen molar-refractivity contribution >= 4 is 43.7 Å². The van der Waals surface area contributed by atoms with Gasteiger partial charge in [-0.15, -0.1) is 0 Å². The van der Waals surface area contributed by atoms with Gasteiger partial charge in [0.1, 0.15) is 5.75 Å². The largest absolute Gasteiger partial charge is 0.506 e. The summed E-state index contributed by atoms with van der Waals surface area (Å²) in [6.07, 6.45) is 3.89. The summed E-state index contributed by atoms with van der Waals surface area (Å²) in [6.45, 7) is 1.95. The Morgan fingerprint density at radius 3 is 2.32 bits per heavy atom. The standard InChI is InChI=1S/C14H13Br2NO2/c15-10-5-8(6-11(16)14(10)19)7-12-13(18)9-1-3-17(12)4-2-9/h5-7,9,19H,1-4H2/b12-7-. The lowest BCUT2D eigenvalue weighted by atomic mass is 9.84. The molecule has 1 N–H and O–H groups in total. The van der Waals surface area contributed by atoms with Crippen LogP contribution in [0.1, 0.15) is 18.4 Å². The van der Waals surface area contributed by atoms with E-state index in [0.717, 1.165) is 37.2 Å². The number of rotatable bonds is 1. The molecule has 0 aliphatic carbocycles. The van der Waals surface area contributed by atoms with Crippen LogP contribution in [0, 0.1) is 5.92 Å². The molecule has 0 amide bonds.